The van der Waals surface area contributed by atoms with Crippen LogP contribution in [0.2, 0.25) is 0 Å². The number of hydrogen-bond acceptors (Lipinski definition) is 5. The van der Waals surface area contributed by atoms with Crippen LogP contribution in [-0.4, -0.2) is 6.40 Å². The Bertz CT molecular complexity index is 73.5. The van der Waals surface area contributed by atoms with Crippen LogP contribution < -0.4 is 5.59 Å². The highest BCUT2D eigenvalue weighted by atomic mass is 16.7. The molecule has 1 heterocycles. The second-order valence-corrected chi connectivity index (χ2v) is 0.619. The minimum Gasteiger partial charge on any atom is -0.350 e. The fraction of sp³-hybridized carbons (Fsp3) is 0. The van der Waals surface area contributed by atoms with Gasteiger partial charge in [-0.15, -0.1) is 5.59 Å². The second kappa shape index (κ2) is 1.34. The number of nitrogens with zero attached hydrogens (tertiary/aromatic N) is 3. The van der Waals surface area contributed by atoms with Gasteiger partial charge in [0, 0.05) is 0 Å². The van der Waals surface area contributed by atoms with Gasteiger partial charge in [-0.1, -0.05) is 5.10 Å². The van der Waals surface area contributed by atoms with Crippen LogP contribution in [0.5, 0.6) is 0 Å². The summed E-state index contributed by atoms with van der Waals surface area (Å²) in [6, 6.07) is 0. The minimum absolute atomic E-state index is 1.15. The first-order valence-electron chi connectivity index (χ1n) is 1.32. The molecule has 0 aromatic heterocycles. The predicted molar refractivity (Wildman–Crippen MR) is 17.6 cm³/mol. The van der Waals surface area contributed by atoms with Gasteiger partial charge in [0.15, 0.2) is 0 Å². The number of nitrogens with one attached hydrogen (secondary N) is 1. The fourth-order valence-electron chi connectivity index (χ4n) is 0.136. The topological polar surface area (TPSA) is 58.3 Å². The van der Waals surface area contributed by atoms with E-state index in [1.165, 1.54) is 0 Å². The van der Waals surface area contributed by atoms with Gasteiger partial charge in [-0.25, -0.2) is 0 Å². The largest absolute Gasteiger partial charge is 0.350 e. The summed E-state index contributed by atoms with van der Waals surface area (Å²) in [5.41, 5.74) is 2.09. The molecule has 0 spiro atoms. The summed E-state index contributed by atoms with van der Waals surface area (Å²) >= 11 is 0. The molecular weight excluding hydrogens is 84.0 g/mol. The van der Waals surface area contributed by atoms with Crippen LogP contribution >= 0.6 is 0 Å². The van der Waals surface area contributed by atoms with Crippen molar-refractivity contribution in [3.63, 3.8) is 0 Å². The van der Waals surface area contributed by atoms with Gasteiger partial charge < -0.3 is 4.84 Å². The van der Waals surface area contributed by atoms with E-state index in [2.05, 4.69) is 26.0 Å². The summed E-state index contributed by atoms with van der Waals surface area (Å²) in [7, 11) is 0. The van der Waals surface area contributed by atoms with Crippen molar-refractivity contribution >= 4 is 6.40 Å². The van der Waals surface area contributed by atoms with E-state index in [1.807, 2.05) is 0 Å². The molecule has 0 aromatic carbocycles. The van der Waals surface area contributed by atoms with E-state index < -0.39 is 0 Å². The number of rotatable bonds is 0. The van der Waals surface area contributed by atoms with Crippen LogP contribution in [0.25, 0.3) is 0 Å². The predicted octanol–water partition coefficient (Wildman–Crippen LogP) is -0.168. The van der Waals surface area contributed by atoms with Crippen molar-refractivity contribution in [3.8, 4) is 0 Å². The van der Waals surface area contributed by atoms with Crippen LogP contribution in [-0.2, 0) is 4.84 Å². The van der Waals surface area contributed by atoms with Crippen LogP contribution in [0.15, 0.2) is 15.5 Å². The molecule has 5 heteroatoms. The first-order chi connectivity index (χ1) is 3.00. The van der Waals surface area contributed by atoms with E-state index in [9.17, 15) is 0 Å². The van der Waals surface area contributed by atoms with E-state index in [-0.39, 0.29) is 0 Å². The molecule has 0 atom stereocenters. The van der Waals surface area contributed by atoms with E-state index in [0.29, 0.717) is 0 Å². The lowest BCUT2D eigenvalue weighted by Crippen LogP contribution is -2.05. The summed E-state index contributed by atoms with van der Waals surface area (Å²) in [6.07, 6.45) is 1.15. The SMILES string of the molecule is C1=NN=NNO1. The van der Waals surface area contributed by atoms with Crippen LogP contribution in [0, 0.1) is 0 Å². The zero-order valence-electron chi connectivity index (χ0n) is 2.83. The van der Waals surface area contributed by atoms with E-state index in [4.69, 9.17) is 0 Å². The Kier molecular flexibility index (Phi) is 0.689. The third kappa shape index (κ3) is 0.423. The van der Waals surface area contributed by atoms with Gasteiger partial charge in [0.1, 0.15) is 0 Å². The van der Waals surface area contributed by atoms with Crippen LogP contribution in [0.1, 0.15) is 0 Å². The molecule has 0 unspecified atom stereocenters. The Hall–Kier alpha value is -1.13. The monoisotopic (exact) mass is 86.0 g/mol. The standard InChI is InChI=1S/CH2N4O/c1-2-3-4-5-6-1/h1H,(H,3,5). The molecule has 0 aliphatic carbocycles. The first kappa shape index (κ1) is 3.08. The van der Waals surface area contributed by atoms with Gasteiger partial charge in [0.2, 0.25) is 6.40 Å². The Labute approximate surface area is 33.6 Å². The Balaban J connectivity index is 2.46. The summed E-state index contributed by atoms with van der Waals surface area (Å²) in [5, 5.41) is 9.49. The lowest BCUT2D eigenvalue weighted by molar-refractivity contribution is 0.176. The lowest BCUT2D eigenvalue weighted by Gasteiger charge is -1.92. The molecule has 0 bridgehead atoms. The molecule has 5 nitrogen and oxygen atoms in total. The normalized spacial score (nSPS) is 16.0. The molecule has 1 aliphatic heterocycles. The maximum atomic E-state index is 4.27. The van der Waals surface area contributed by atoms with Crippen molar-refractivity contribution in [2.75, 3.05) is 0 Å². The molecule has 1 aliphatic rings. The number of hydrogen-bond donors (Lipinski definition) is 1. The lowest BCUT2D eigenvalue weighted by atomic mass is 11.5. The minimum atomic E-state index is 1.15. The Morgan fingerprint density at radius 3 is 2.83 bits per heavy atom. The maximum Gasteiger partial charge on any atom is 0.233 e. The average molecular weight is 86.1 g/mol. The molecular formula is CH2N4O. The molecule has 32 valence electrons. The smallest absolute Gasteiger partial charge is 0.233 e. The molecule has 0 amide bonds. The second-order valence-electron chi connectivity index (χ2n) is 0.619. The van der Waals surface area contributed by atoms with Gasteiger partial charge in [0.25, 0.3) is 0 Å². The summed E-state index contributed by atoms with van der Waals surface area (Å²) < 4.78 is 0. The Morgan fingerprint density at radius 2 is 2.67 bits per heavy atom. The van der Waals surface area contributed by atoms with E-state index >= 15 is 0 Å². The molecule has 0 radical (unpaired) electrons. The molecule has 0 fully saturated rings. The van der Waals surface area contributed by atoms with Gasteiger partial charge in [0.05, 0.1) is 0 Å². The third-order valence-corrected chi connectivity index (χ3v) is 0.290. The van der Waals surface area contributed by atoms with Gasteiger partial charge in [-0.05, 0) is 10.4 Å². The summed E-state index contributed by atoms with van der Waals surface area (Å²) in [4.78, 5) is 4.27. The molecule has 0 saturated heterocycles. The molecule has 0 aromatic rings. The molecule has 6 heavy (non-hydrogen) atoms. The van der Waals surface area contributed by atoms with Crippen LogP contribution in [0.3, 0.4) is 0 Å². The van der Waals surface area contributed by atoms with E-state index in [1.54, 1.807) is 0 Å². The van der Waals surface area contributed by atoms with Gasteiger partial charge in [-0.2, -0.15) is 0 Å². The summed E-state index contributed by atoms with van der Waals surface area (Å²) in [5.74, 6) is 0. The average Bonchev–Trinajstić information content (AvgIpc) is 1.72. The van der Waals surface area contributed by atoms with Crippen molar-refractivity contribution in [3.05, 3.63) is 0 Å². The zero-order chi connectivity index (χ0) is 4.24. The highest BCUT2D eigenvalue weighted by Gasteiger charge is 1.75. The van der Waals surface area contributed by atoms with Crippen molar-refractivity contribution < 1.29 is 4.84 Å². The molecule has 0 saturated carbocycles. The Morgan fingerprint density at radius 1 is 1.67 bits per heavy atom. The van der Waals surface area contributed by atoms with Crippen molar-refractivity contribution in [1.29, 1.82) is 0 Å². The highest BCUT2D eigenvalue weighted by molar-refractivity contribution is 5.45. The van der Waals surface area contributed by atoms with Crippen LogP contribution in [0.4, 0.5) is 0 Å². The fourth-order valence-corrected chi connectivity index (χ4v) is 0.136. The van der Waals surface area contributed by atoms with Gasteiger partial charge in [-0.3, -0.25) is 0 Å². The van der Waals surface area contributed by atoms with Crippen molar-refractivity contribution in [2.45, 2.75) is 0 Å². The van der Waals surface area contributed by atoms with E-state index in [0.717, 1.165) is 6.40 Å². The van der Waals surface area contributed by atoms with Crippen molar-refractivity contribution in [2.24, 2.45) is 15.5 Å². The zero-order valence-corrected chi connectivity index (χ0v) is 2.83. The summed E-state index contributed by atoms with van der Waals surface area (Å²) in [6.45, 7) is 0. The maximum absolute atomic E-state index is 4.27. The first-order valence-corrected chi connectivity index (χ1v) is 1.32. The molecule has 1 N–H and O–H groups in total. The van der Waals surface area contributed by atoms with Gasteiger partial charge >= 0.3 is 0 Å². The highest BCUT2D eigenvalue weighted by Crippen LogP contribution is 1.75. The van der Waals surface area contributed by atoms with Crippen molar-refractivity contribution in [1.82, 2.24) is 5.59 Å². The third-order valence-electron chi connectivity index (χ3n) is 0.290. The molecule has 1 rings (SSSR count). The quantitative estimate of drug-likeness (QED) is 0.445.